The van der Waals surface area contributed by atoms with Crippen LogP contribution in [0, 0.1) is 5.92 Å². The second kappa shape index (κ2) is 5.67. The summed E-state index contributed by atoms with van der Waals surface area (Å²) in [5, 5.41) is 3.10. The van der Waals surface area contributed by atoms with Crippen molar-refractivity contribution in [2.75, 3.05) is 6.54 Å². The van der Waals surface area contributed by atoms with Crippen molar-refractivity contribution in [2.24, 2.45) is 5.92 Å². The van der Waals surface area contributed by atoms with Gasteiger partial charge in [-0.05, 0) is 18.5 Å². The molecule has 0 aliphatic rings. The smallest absolute Gasteiger partial charge is 0.0166 e. The summed E-state index contributed by atoms with van der Waals surface area (Å²) in [5.74, 6) is 0.785. The highest BCUT2D eigenvalue weighted by Gasteiger charge is 1.95. The molecule has 0 rings (SSSR count). The quantitative estimate of drug-likeness (QED) is 0.596. The molecule has 1 unspecified atom stereocenters. The van der Waals surface area contributed by atoms with E-state index < -0.39 is 0 Å². The number of rotatable bonds is 5. The van der Waals surface area contributed by atoms with Crippen molar-refractivity contribution in [3.8, 4) is 0 Å². The zero-order chi connectivity index (χ0) is 7.11. The first kappa shape index (κ1) is 8.54. The Bertz CT molecular complexity index is 69.0. The molecule has 1 N–H and O–H groups in total. The number of nitrogens with one attached hydrogen (secondary N) is 1. The predicted molar refractivity (Wildman–Crippen MR) is 42.3 cm³/mol. The lowest BCUT2D eigenvalue weighted by atomic mass is 10.1. The first-order chi connectivity index (χ1) is 4.31. The molecule has 9 heavy (non-hydrogen) atoms. The predicted octanol–water partition coefficient (Wildman–Crippen LogP) is 2.16. The molecule has 0 spiro atoms. The summed E-state index contributed by atoms with van der Waals surface area (Å²) in [5.41, 5.74) is 0. The van der Waals surface area contributed by atoms with E-state index in [2.05, 4.69) is 25.7 Å². The van der Waals surface area contributed by atoms with Gasteiger partial charge >= 0.3 is 0 Å². The van der Waals surface area contributed by atoms with Crippen molar-refractivity contribution in [2.45, 2.75) is 26.7 Å². The van der Waals surface area contributed by atoms with Crippen LogP contribution in [-0.4, -0.2) is 6.54 Å². The molecule has 54 valence electrons. The van der Waals surface area contributed by atoms with E-state index in [0.717, 1.165) is 12.5 Å². The van der Waals surface area contributed by atoms with Gasteiger partial charge in [-0.2, -0.15) is 0 Å². The molecule has 0 heterocycles. The first-order valence-corrected chi connectivity index (χ1v) is 3.65. The maximum absolute atomic E-state index is 3.58. The van der Waals surface area contributed by atoms with E-state index in [1.165, 1.54) is 12.8 Å². The van der Waals surface area contributed by atoms with Crippen molar-refractivity contribution in [1.29, 1.82) is 0 Å². The Morgan fingerprint density at radius 1 is 1.67 bits per heavy atom. The molecule has 0 aromatic carbocycles. The van der Waals surface area contributed by atoms with E-state index in [-0.39, 0.29) is 0 Å². The first-order valence-electron chi connectivity index (χ1n) is 3.65. The number of hydrogen-bond acceptors (Lipinski definition) is 1. The molecule has 0 radical (unpaired) electrons. The van der Waals surface area contributed by atoms with Crippen LogP contribution in [0.3, 0.4) is 0 Å². The lowest BCUT2D eigenvalue weighted by Crippen LogP contribution is -2.14. The van der Waals surface area contributed by atoms with Crippen molar-refractivity contribution in [1.82, 2.24) is 5.32 Å². The summed E-state index contributed by atoms with van der Waals surface area (Å²) in [7, 11) is 0. The third kappa shape index (κ3) is 5.41. The second-order valence-corrected chi connectivity index (χ2v) is 2.51. The van der Waals surface area contributed by atoms with Crippen LogP contribution in [0.4, 0.5) is 0 Å². The highest BCUT2D eigenvalue weighted by Crippen LogP contribution is 2.01. The van der Waals surface area contributed by atoms with Gasteiger partial charge < -0.3 is 5.32 Å². The Balaban J connectivity index is 3.04. The monoisotopic (exact) mass is 127 g/mol. The minimum atomic E-state index is 0.785. The summed E-state index contributed by atoms with van der Waals surface area (Å²) in [6, 6.07) is 0. The molecule has 0 aliphatic carbocycles. The summed E-state index contributed by atoms with van der Waals surface area (Å²) in [6.07, 6.45) is 4.34. The Kier molecular flexibility index (Phi) is 5.38. The van der Waals surface area contributed by atoms with Gasteiger partial charge in [-0.25, -0.2) is 0 Å². The molecule has 1 heteroatoms. The van der Waals surface area contributed by atoms with Gasteiger partial charge in [-0.15, -0.1) is 0 Å². The summed E-state index contributed by atoms with van der Waals surface area (Å²) in [6.45, 7) is 9.11. The lowest BCUT2D eigenvalue weighted by Gasteiger charge is -2.08. The van der Waals surface area contributed by atoms with E-state index in [1.807, 2.05) is 0 Å². The van der Waals surface area contributed by atoms with Crippen LogP contribution in [0.1, 0.15) is 26.7 Å². The molecule has 0 fully saturated rings. The lowest BCUT2D eigenvalue weighted by molar-refractivity contribution is 0.507. The van der Waals surface area contributed by atoms with Crippen LogP contribution < -0.4 is 5.32 Å². The highest BCUT2D eigenvalue weighted by atomic mass is 14.8. The van der Waals surface area contributed by atoms with E-state index >= 15 is 0 Å². The van der Waals surface area contributed by atoms with Crippen LogP contribution in [0.2, 0.25) is 0 Å². The summed E-state index contributed by atoms with van der Waals surface area (Å²) < 4.78 is 0. The molecule has 0 saturated carbocycles. The normalized spacial score (nSPS) is 12.7. The van der Waals surface area contributed by atoms with Crippen molar-refractivity contribution >= 4 is 0 Å². The molecule has 0 amide bonds. The fraction of sp³-hybridized carbons (Fsp3) is 0.750. The SMILES string of the molecule is C=CNCC(C)CCC. The van der Waals surface area contributed by atoms with Gasteiger partial charge in [0.25, 0.3) is 0 Å². The third-order valence-corrected chi connectivity index (χ3v) is 1.39. The van der Waals surface area contributed by atoms with Gasteiger partial charge in [0, 0.05) is 6.54 Å². The second-order valence-electron chi connectivity index (χ2n) is 2.51. The van der Waals surface area contributed by atoms with Crippen LogP contribution in [0.5, 0.6) is 0 Å². The highest BCUT2D eigenvalue weighted by molar-refractivity contribution is 4.65. The Labute approximate surface area is 58.2 Å². The average molecular weight is 127 g/mol. The maximum Gasteiger partial charge on any atom is 0.0166 e. The molecule has 0 aromatic rings. The van der Waals surface area contributed by atoms with Gasteiger partial charge in [-0.3, -0.25) is 0 Å². The zero-order valence-corrected chi connectivity index (χ0v) is 6.48. The maximum atomic E-state index is 3.58. The Hall–Kier alpha value is -0.460. The molecule has 0 aliphatic heterocycles. The molecule has 1 atom stereocenters. The van der Waals surface area contributed by atoms with Crippen molar-refractivity contribution in [3.05, 3.63) is 12.8 Å². The molecular weight excluding hydrogens is 110 g/mol. The zero-order valence-electron chi connectivity index (χ0n) is 6.48. The van der Waals surface area contributed by atoms with Crippen molar-refractivity contribution < 1.29 is 0 Å². The average Bonchev–Trinajstić information content (AvgIpc) is 1.85. The minimum Gasteiger partial charge on any atom is -0.391 e. The largest absolute Gasteiger partial charge is 0.391 e. The van der Waals surface area contributed by atoms with Crippen molar-refractivity contribution in [3.63, 3.8) is 0 Å². The summed E-state index contributed by atoms with van der Waals surface area (Å²) in [4.78, 5) is 0. The fourth-order valence-electron chi connectivity index (χ4n) is 0.879. The molecular formula is C8H17N. The van der Waals surface area contributed by atoms with Gasteiger partial charge in [0.2, 0.25) is 0 Å². The van der Waals surface area contributed by atoms with Crippen LogP contribution >= 0.6 is 0 Å². The van der Waals surface area contributed by atoms with Crippen LogP contribution in [-0.2, 0) is 0 Å². The Morgan fingerprint density at radius 3 is 2.78 bits per heavy atom. The standard InChI is InChI=1S/C8H17N/c1-4-6-8(3)7-9-5-2/h5,8-9H,2,4,6-7H2,1,3H3. The van der Waals surface area contributed by atoms with Crippen LogP contribution in [0.15, 0.2) is 12.8 Å². The molecule has 0 bridgehead atoms. The Morgan fingerprint density at radius 2 is 2.33 bits per heavy atom. The molecule has 0 aromatic heterocycles. The van der Waals surface area contributed by atoms with Gasteiger partial charge in [0.1, 0.15) is 0 Å². The van der Waals surface area contributed by atoms with Gasteiger partial charge in [0.15, 0.2) is 0 Å². The number of hydrogen-bond donors (Lipinski definition) is 1. The van der Waals surface area contributed by atoms with Gasteiger partial charge in [-0.1, -0.05) is 26.8 Å². The topological polar surface area (TPSA) is 12.0 Å². The van der Waals surface area contributed by atoms with Crippen LogP contribution in [0.25, 0.3) is 0 Å². The van der Waals surface area contributed by atoms with E-state index in [4.69, 9.17) is 0 Å². The van der Waals surface area contributed by atoms with E-state index in [9.17, 15) is 0 Å². The van der Waals surface area contributed by atoms with E-state index in [1.54, 1.807) is 6.20 Å². The summed E-state index contributed by atoms with van der Waals surface area (Å²) >= 11 is 0. The fourth-order valence-corrected chi connectivity index (χ4v) is 0.879. The van der Waals surface area contributed by atoms with E-state index in [0.29, 0.717) is 0 Å². The molecule has 1 nitrogen and oxygen atoms in total. The van der Waals surface area contributed by atoms with Gasteiger partial charge in [0.05, 0.1) is 0 Å². The minimum absolute atomic E-state index is 0.785. The molecule has 0 saturated heterocycles. The third-order valence-electron chi connectivity index (χ3n) is 1.39.